The number of rotatable bonds is 5. The van der Waals surface area contributed by atoms with Crippen molar-refractivity contribution in [3.63, 3.8) is 0 Å². The molecule has 0 fully saturated rings. The molecule has 0 aliphatic heterocycles. The van der Waals surface area contributed by atoms with Crippen LogP contribution in [0, 0.1) is 0 Å². The van der Waals surface area contributed by atoms with E-state index in [9.17, 15) is 9.59 Å². The monoisotopic (exact) mass is 284 g/mol. The van der Waals surface area contributed by atoms with E-state index < -0.39 is 5.97 Å². The van der Waals surface area contributed by atoms with E-state index in [-0.39, 0.29) is 5.97 Å². The van der Waals surface area contributed by atoms with Crippen molar-refractivity contribution < 1.29 is 19.1 Å². The van der Waals surface area contributed by atoms with E-state index in [1.54, 1.807) is 48.5 Å². The normalized spacial score (nSPS) is 9.95. The topological polar surface area (TPSA) is 52.6 Å². The van der Waals surface area contributed by atoms with Crippen LogP contribution >= 0.6 is 0 Å². The summed E-state index contributed by atoms with van der Waals surface area (Å²) in [6.45, 7) is 2.31. The Balaban J connectivity index is 2.01. The quantitative estimate of drug-likeness (QED) is 0.623. The minimum atomic E-state index is -0.463. The highest BCUT2D eigenvalue weighted by atomic mass is 16.5. The van der Waals surface area contributed by atoms with Crippen molar-refractivity contribution in [3.8, 4) is 5.75 Å². The number of carbonyl (C=O) groups is 2. The molecule has 0 heterocycles. The molecule has 0 spiro atoms. The van der Waals surface area contributed by atoms with Gasteiger partial charge in [0.1, 0.15) is 5.75 Å². The van der Waals surface area contributed by atoms with Gasteiger partial charge in [-0.3, -0.25) is 0 Å². The largest absolute Gasteiger partial charge is 0.462 e. The van der Waals surface area contributed by atoms with Gasteiger partial charge < -0.3 is 9.47 Å². The fraction of sp³-hybridized carbons (Fsp3) is 0.176. The Morgan fingerprint density at radius 2 is 1.43 bits per heavy atom. The fourth-order valence-corrected chi connectivity index (χ4v) is 1.67. The van der Waals surface area contributed by atoms with E-state index >= 15 is 0 Å². The van der Waals surface area contributed by atoms with Crippen LogP contribution in [0.25, 0.3) is 0 Å². The lowest BCUT2D eigenvalue weighted by Crippen LogP contribution is -2.10. The second-order valence-corrected chi connectivity index (χ2v) is 4.42. The van der Waals surface area contributed by atoms with Crippen molar-refractivity contribution in [3.05, 3.63) is 65.7 Å². The van der Waals surface area contributed by atoms with Crippen LogP contribution < -0.4 is 4.74 Å². The summed E-state index contributed by atoms with van der Waals surface area (Å²) in [7, 11) is 0. The first-order valence-electron chi connectivity index (χ1n) is 6.75. The molecule has 2 rings (SSSR count). The number of hydrogen-bond acceptors (Lipinski definition) is 4. The van der Waals surface area contributed by atoms with Crippen molar-refractivity contribution >= 4 is 11.9 Å². The lowest BCUT2D eigenvalue weighted by molar-refractivity contribution is 0.0504. The summed E-state index contributed by atoms with van der Waals surface area (Å²) < 4.78 is 10.2. The molecule has 0 saturated heterocycles. The van der Waals surface area contributed by atoms with Gasteiger partial charge >= 0.3 is 11.9 Å². The number of ether oxygens (including phenoxy) is 2. The Kier molecular flexibility index (Phi) is 5.10. The van der Waals surface area contributed by atoms with Gasteiger partial charge in [0.25, 0.3) is 0 Å². The van der Waals surface area contributed by atoms with Crippen LogP contribution in [0.4, 0.5) is 0 Å². The Morgan fingerprint density at radius 1 is 0.857 bits per heavy atom. The van der Waals surface area contributed by atoms with E-state index in [0.717, 1.165) is 6.42 Å². The Bertz CT molecular complexity index is 602. The maximum Gasteiger partial charge on any atom is 0.343 e. The van der Waals surface area contributed by atoms with Crippen LogP contribution in [0.1, 0.15) is 34.1 Å². The van der Waals surface area contributed by atoms with Gasteiger partial charge in [0.2, 0.25) is 0 Å². The molecule has 0 bridgehead atoms. The van der Waals surface area contributed by atoms with Crippen molar-refractivity contribution in [2.45, 2.75) is 13.3 Å². The highest BCUT2D eigenvalue weighted by molar-refractivity contribution is 5.94. The van der Waals surface area contributed by atoms with E-state index in [1.165, 1.54) is 0 Å². The highest BCUT2D eigenvalue weighted by Crippen LogP contribution is 2.13. The second-order valence-electron chi connectivity index (χ2n) is 4.42. The van der Waals surface area contributed by atoms with Crippen LogP contribution in [-0.4, -0.2) is 18.5 Å². The average Bonchev–Trinajstić information content (AvgIpc) is 2.53. The van der Waals surface area contributed by atoms with Crippen molar-refractivity contribution in [2.24, 2.45) is 0 Å². The maximum atomic E-state index is 11.9. The van der Waals surface area contributed by atoms with Crippen LogP contribution in [0.2, 0.25) is 0 Å². The Hall–Kier alpha value is -2.62. The molecule has 0 aliphatic carbocycles. The molecule has 0 radical (unpaired) electrons. The van der Waals surface area contributed by atoms with Gasteiger partial charge in [-0.05, 0) is 42.8 Å². The number of hydrogen-bond donors (Lipinski definition) is 0. The zero-order valence-electron chi connectivity index (χ0n) is 11.7. The van der Waals surface area contributed by atoms with Crippen LogP contribution in [-0.2, 0) is 4.74 Å². The molecule has 0 saturated carbocycles. The molecule has 4 heteroatoms. The number of carbonyl (C=O) groups excluding carboxylic acids is 2. The summed E-state index contributed by atoms with van der Waals surface area (Å²) in [6, 6.07) is 15.0. The molecule has 108 valence electrons. The standard InChI is InChI=1S/C17H16O4/c1-2-12-20-16(18)13-8-10-14(11-9-13)17(19)21-15-6-4-3-5-7-15/h3-11H,2,12H2,1H3. The zero-order chi connectivity index (χ0) is 15.1. The van der Waals surface area contributed by atoms with Crippen molar-refractivity contribution in [1.29, 1.82) is 0 Å². The second kappa shape index (κ2) is 7.24. The maximum absolute atomic E-state index is 11.9. The van der Waals surface area contributed by atoms with Crippen LogP contribution in [0.15, 0.2) is 54.6 Å². The molecule has 0 amide bonds. The molecule has 2 aromatic rings. The van der Waals surface area contributed by atoms with Crippen molar-refractivity contribution in [1.82, 2.24) is 0 Å². The third-order valence-electron chi connectivity index (χ3n) is 2.75. The lowest BCUT2D eigenvalue weighted by Gasteiger charge is -2.05. The van der Waals surface area contributed by atoms with Gasteiger partial charge in [-0.25, -0.2) is 9.59 Å². The first-order chi connectivity index (χ1) is 10.2. The summed E-state index contributed by atoms with van der Waals surface area (Å²) in [5.74, 6) is -0.372. The molecule has 2 aromatic carbocycles. The predicted molar refractivity (Wildman–Crippen MR) is 78.4 cm³/mol. The minimum absolute atomic E-state index is 0.380. The number of esters is 2. The molecule has 4 nitrogen and oxygen atoms in total. The third kappa shape index (κ3) is 4.18. The third-order valence-corrected chi connectivity index (χ3v) is 2.75. The summed E-state index contributed by atoms with van der Waals surface area (Å²) in [5.41, 5.74) is 0.797. The van der Waals surface area contributed by atoms with Crippen LogP contribution in [0.3, 0.4) is 0 Å². The molecule has 0 atom stereocenters. The summed E-state index contributed by atoms with van der Waals surface area (Å²) >= 11 is 0. The zero-order valence-corrected chi connectivity index (χ0v) is 11.7. The first kappa shape index (κ1) is 14.8. The summed E-state index contributed by atoms with van der Waals surface area (Å²) in [5, 5.41) is 0. The fourth-order valence-electron chi connectivity index (χ4n) is 1.67. The molecule has 0 N–H and O–H groups in total. The number of para-hydroxylation sites is 1. The molecule has 0 aliphatic rings. The first-order valence-corrected chi connectivity index (χ1v) is 6.75. The van der Waals surface area contributed by atoms with Gasteiger partial charge in [-0.2, -0.15) is 0 Å². The van der Waals surface area contributed by atoms with E-state index in [4.69, 9.17) is 9.47 Å². The van der Waals surface area contributed by atoms with E-state index in [0.29, 0.717) is 23.5 Å². The van der Waals surface area contributed by atoms with E-state index in [2.05, 4.69) is 0 Å². The lowest BCUT2D eigenvalue weighted by atomic mass is 10.1. The smallest absolute Gasteiger partial charge is 0.343 e. The number of benzene rings is 2. The predicted octanol–water partition coefficient (Wildman–Crippen LogP) is 3.47. The molecule has 21 heavy (non-hydrogen) atoms. The Labute approximate surface area is 123 Å². The molecular formula is C17H16O4. The van der Waals surface area contributed by atoms with Gasteiger partial charge in [-0.1, -0.05) is 25.1 Å². The van der Waals surface area contributed by atoms with Gasteiger partial charge in [0.15, 0.2) is 0 Å². The Morgan fingerprint density at radius 3 is 2.00 bits per heavy atom. The van der Waals surface area contributed by atoms with E-state index in [1.807, 2.05) is 13.0 Å². The van der Waals surface area contributed by atoms with Gasteiger partial charge in [-0.15, -0.1) is 0 Å². The SMILES string of the molecule is CCCOC(=O)c1ccc(C(=O)Oc2ccccc2)cc1. The minimum Gasteiger partial charge on any atom is -0.462 e. The summed E-state index contributed by atoms with van der Waals surface area (Å²) in [6.07, 6.45) is 0.771. The molecular weight excluding hydrogens is 268 g/mol. The molecule has 0 unspecified atom stereocenters. The van der Waals surface area contributed by atoms with Gasteiger partial charge in [0.05, 0.1) is 17.7 Å². The van der Waals surface area contributed by atoms with Crippen molar-refractivity contribution in [2.75, 3.05) is 6.61 Å². The average molecular weight is 284 g/mol. The summed E-state index contributed by atoms with van der Waals surface area (Å²) in [4.78, 5) is 23.6. The van der Waals surface area contributed by atoms with Crippen LogP contribution in [0.5, 0.6) is 5.75 Å². The highest BCUT2D eigenvalue weighted by Gasteiger charge is 2.11. The van der Waals surface area contributed by atoms with Gasteiger partial charge in [0, 0.05) is 0 Å². The molecule has 0 aromatic heterocycles.